The van der Waals surface area contributed by atoms with Crippen molar-refractivity contribution in [3.8, 4) is 0 Å². The Morgan fingerprint density at radius 2 is 0.786 bits per heavy atom. The van der Waals surface area contributed by atoms with Crippen LogP contribution in [0.15, 0.2) is 24.3 Å². The van der Waals surface area contributed by atoms with Crippen LogP contribution in [-0.4, -0.2) is 22.2 Å². The Morgan fingerprint density at radius 1 is 0.464 bits per heavy atom. The summed E-state index contributed by atoms with van der Waals surface area (Å²) in [4.78, 5) is 20.8. The zero-order valence-electron chi connectivity index (χ0n) is 17.7. The minimum Gasteiger partial charge on any atom is -0.481 e. The molecule has 0 saturated carbocycles. The second-order valence-corrected chi connectivity index (χ2v) is 7.64. The van der Waals surface area contributed by atoms with Gasteiger partial charge in [0.1, 0.15) is 0 Å². The molecule has 0 aliphatic heterocycles. The fourth-order valence-corrected chi connectivity index (χ4v) is 3.17. The highest BCUT2D eigenvalue weighted by Gasteiger charge is 1.97. The predicted molar refractivity (Wildman–Crippen MR) is 117 cm³/mol. The first kappa shape index (κ1) is 26.4. The lowest BCUT2D eigenvalue weighted by Gasteiger charge is -2.00. The fourth-order valence-electron chi connectivity index (χ4n) is 3.17. The van der Waals surface area contributed by atoms with Crippen molar-refractivity contribution in [2.75, 3.05) is 0 Å². The molecule has 0 heterocycles. The topological polar surface area (TPSA) is 74.6 Å². The van der Waals surface area contributed by atoms with E-state index in [1.807, 2.05) is 0 Å². The molecule has 0 aromatic rings. The highest BCUT2D eigenvalue weighted by Crippen LogP contribution is 2.11. The lowest BCUT2D eigenvalue weighted by molar-refractivity contribution is -0.138. The Bertz CT molecular complexity index is 426. The number of aliphatic carboxylic acids is 2. The van der Waals surface area contributed by atoms with Crippen LogP contribution in [0.3, 0.4) is 0 Å². The van der Waals surface area contributed by atoms with Gasteiger partial charge in [-0.05, 0) is 44.9 Å². The third-order valence-corrected chi connectivity index (χ3v) is 4.88. The standard InChI is InChI=1S/C24H42O4/c25-23(26)21-19-17-15-13-11-9-7-5-3-1-2-4-6-8-10-12-14-16-18-20-22-24(27)28/h1,3-4,6H,2,5,7-22H2,(H,25,26)(H,27,28)/b3-1+,6-4+. The Hall–Kier alpha value is -1.58. The van der Waals surface area contributed by atoms with E-state index in [0.29, 0.717) is 12.8 Å². The van der Waals surface area contributed by atoms with E-state index in [1.165, 1.54) is 51.4 Å². The summed E-state index contributed by atoms with van der Waals surface area (Å²) in [6.45, 7) is 0. The Labute approximate surface area is 172 Å². The van der Waals surface area contributed by atoms with E-state index in [-0.39, 0.29) is 0 Å². The number of allylic oxidation sites excluding steroid dienone is 4. The molecule has 0 fully saturated rings. The van der Waals surface area contributed by atoms with Crippen LogP contribution in [-0.2, 0) is 9.59 Å². The number of rotatable bonds is 21. The minimum atomic E-state index is -0.680. The molecule has 0 bridgehead atoms. The summed E-state index contributed by atoms with van der Waals surface area (Å²) in [5, 5.41) is 17.1. The van der Waals surface area contributed by atoms with Crippen molar-refractivity contribution in [1.29, 1.82) is 0 Å². The average Bonchev–Trinajstić information content (AvgIpc) is 2.65. The molecule has 4 nitrogen and oxygen atoms in total. The summed E-state index contributed by atoms with van der Waals surface area (Å²) < 4.78 is 0. The fraction of sp³-hybridized carbons (Fsp3) is 0.750. The molecule has 0 aliphatic carbocycles. The van der Waals surface area contributed by atoms with Crippen LogP contribution in [0.5, 0.6) is 0 Å². The third-order valence-electron chi connectivity index (χ3n) is 4.88. The minimum absolute atomic E-state index is 0.312. The quantitative estimate of drug-likeness (QED) is 0.158. The number of carboxylic acids is 2. The van der Waals surface area contributed by atoms with Gasteiger partial charge in [-0.1, -0.05) is 82.1 Å². The van der Waals surface area contributed by atoms with Gasteiger partial charge in [-0.3, -0.25) is 9.59 Å². The monoisotopic (exact) mass is 394 g/mol. The van der Waals surface area contributed by atoms with Crippen molar-refractivity contribution in [2.45, 2.75) is 116 Å². The van der Waals surface area contributed by atoms with Gasteiger partial charge in [0, 0.05) is 12.8 Å². The summed E-state index contributed by atoms with van der Waals surface area (Å²) in [7, 11) is 0. The first-order chi connectivity index (χ1) is 13.6. The highest BCUT2D eigenvalue weighted by molar-refractivity contribution is 5.66. The molecule has 0 atom stereocenters. The molecular formula is C24H42O4. The molecule has 2 N–H and O–H groups in total. The number of hydrogen-bond acceptors (Lipinski definition) is 2. The van der Waals surface area contributed by atoms with Crippen LogP contribution in [0.25, 0.3) is 0 Å². The molecule has 0 radical (unpaired) electrons. The van der Waals surface area contributed by atoms with Crippen LogP contribution in [0, 0.1) is 0 Å². The summed E-state index contributed by atoms with van der Waals surface area (Å²) in [5.41, 5.74) is 0. The molecule has 162 valence electrons. The second-order valence-electron chi connectivity index (χ2n) is 7.64. The van der Waals surface area contributed by atoms with Crippen molar-refractivity contribution < 1.29 is 19.8 Å². The van der Waals surface area contributed by atoms with Crippen molar-refractivity contribution in [3.63, 3.8) is 0 Å². The van der Waals surface area contributed by atoms with E-state index in [2.05, 4.69) is 24.3 Å². The number of hydrogen-bond donors (Lipinski definition) is 2. The normalized spacial score (nSPS) is 11.6. The maximum Gasteiger partial charge on any atom is 0.303 e. The molecule has 0 unspecified atom stereocenters. The SMILES string of the molecule is O=C(O)CCCCCCCC/C=C/C/C=C/CCCCCCCCCC(=O)O. The summed E-state index contributed by atoms with van der Waals surface area (Å²) in [5.74, 6) is -1.36. The molecule has 4 heteroatoms. The second kappa shape index (κ2) is 21.7. The Morgan fingerprint density at radius 3 is 1.14 bits per heavy atom. The van der Waals surface area contributed by atoms with Gasteiger partial charge in [-0.25, -0.2) is 0 Å². The summed E-state index contributed by atoms with van der Waals surface area (Å²) in [6, 6.07) is 0. The van der Waals surface area contributed by atoms with Gasteiger partial charge >= 0.3 is 11.9 Å². The van der Waals surface area contributed by atoms with E-state index in [9.17, 15) is 9.59 Å². The van der Waals surface area contributed by atoms with Gasteiger partial charge in [0.15, 0.2) is 0 Å². The molecule has 0 saturated heterocycles. The van der Waals surface area contributed by atoms with Gasteiger partial charge in [0.25, 0.3) is 0 Å². The molecule has 0 rings (SSSR count). The van der Waals surface area contributed by atoms with Crippen molar-refractivity contribution in [2.24, 2.45) is 0 Å². The predicted octanol–water partition coefficient (Wildman–Crippen LogP) is 7.29. The Kier molecular flexibility index (Phi) is 20.5. The molecule has 0 amide bonds. The Balaban J connectivity index is 3.20. The highest BCUT2D eigenvalue weighted by atomic mass is 16.4. The lowest BCUT2D eigenvalue weighted by Crippen LogP contribution is -1.93. The maximum absolute atomic E-state index is 10.4. The van der Waals surface area contributed by atoms with Gasteiger partial charge in [-0.2, -0.15) is 0 Å². The van der Waals surface area contributed by atoms with E-state index in [4.69, 9.17) is 10.2 Å². The lowest BCUT2D eigenvalue weighted by atomic mass is 10.1. The van der Waals surface area contributed by atoms with Crippen LogP contribution in [0.2, 0.25) is 0 Å². The number of unbranched alkanes of at least 4 members (excludes halogenated alkanes) is 13. The molecular weight excluding hydrogens is 352 g/mol. The van der Waals surface area contributed by atoms with Gasteiger partial charge in [-0.15, -0.1) is 0 Å². The molecule has 0 aromatic heterocycles. The zero-order valence-corrected chi connectivity index (χ0v) is 17.7. The van der Waals surface area contributed by atoms with Crippen molar-refractivity contribution in [3.05, 3.63) is 24.3 Å². The van der Waals surface area contributed by atoms with E-state index < -0.39 is 11.9 Å². The summed E-state index contributed by atoms with van der Waals surface area (Å²) in [6.07, 6.45) is 27.8. The van der Waals surface area contributed by atoms with Crippen LogP contribution >= 0.6 is 0 Å². The van der Waals surface area contributed by atoms with E-state index >= 15 is 0 Å². The zero-order chi connectivity index (χ0) is 20.7. The first-order valence-electron chi connectivity index (χ1n) is 11.4. The van der Waals surface area contributed by atoms with Crippen LogP contribution < -0.4 is 0 Å². The third kappa shape index (κ3) is 24.4. The van der Waals surface area contributed by atoms with E-state index in [0.717, 1.165) is 51.4 Å². The van der Waals surface area contributed by atoms with Gasteiger partial charge in [0.05, 0.1) is 0 Å². The largest absolute Gasteiger partial charge is 0.481 e. The van der Waals surface area contributed by atoms with Gasteiger partial charge in [0.2, 0.25) is 0 Å². The van der Waals surface area contributed by atoms with Crippen LogP contribution in [0.1, 0.15) is 116 Å². The molecule has 0 aromatic carbocycles. The molecule has 0 aliphatic rings. The van der Waals surface area contributed by atoms with Crippen molar-refractivity contribution >= 4 is 11.9 Å². The molecule has 28 heavy (non-hydrogen) atoms. The van der Waals surface area contributed by atoms with E-state index in [1.54, 1.807) is 0 Å². The van der Waals surface area contributed by atoms with Crippen LogP contribution in [0.4, 0.5) is 0 Å². The summed E-state index contributed by atoms with van der Waals surface area (Å²) >= 11 is 0. The number of carboxylic acid groups (broad SMARTS) is 2. The van der Waals surface area contributed by atoms with Crippen molar-refractivity contribution in [1.82, 2.24) is 0 Å². The molecule has 0 spiro atoms. The first-order valence-corrected chi connectivity index (χ1v) is 11.4. The maximum atomic E-state index is 10.4. The number of carbonyl (C=O) groups is 2. The average molecular weight is 395 g/mol. The van der Waals surface area contributed by atoms with Gasteiger partial charge < -0.3 is 10.2 Å². The smallest absolute Gasteiger partial charge is 0.303 e.